The van der Waals surface area contributed by atoms with Gasteiger partial charge in [0.05, 0.1) is 41.9 Å². The van der Waals surface area contributed by atoms with Gasteiger partial charge in [-0.25, -0.2) is 4.68 Å². The molecule has 0 aliphatic carbocycles. The van der Waals surface area contributed by atoms with E-state index in [0.717, 1.165) is 25.3 Å². The number of para-hydroxylation sites is 1. The van der Waals surface area contributed by atoms with Gasteiger partial charge in [0.15, 0.2) is 0 Å². The second-order valence-electron chi connectivity index (χ2n) is 9.14. The maximum Gasteiger partial charge on any atom is 0.295 e. The summed E-state index contributed by atoms with van der Waals surface area (Å²) >= 11 is 0. The first-order valence-electron chi connectivity index (χ1n) is 12.2. The first-order chi connectivity index (χ1) is 17.5. The number of ether oxygens (including phenoxy) is 1. The molecule has 2 aliphatic heterocycles. The highest BCUT2D eigenvalue weighted by Crippen LogP contribution is 2.40. The third-order valence-corrected chi connectivity index (χ3v) is 6.81. The highest BCUT2D eigenvalue weighted by atomic mass is 16.5. The van der Waals surface area contributed by atoms with Crippen LogP contribution < -0.4 is 0 Å². The van der Waals surface area contributed by atoms with Gasteiger partial charge in [-0.2, -0.15) is 5.10 Å². The Kier molecular flexibility index (Phi) is 6.75. The van der Waals surface area contributed by atoms with Gasteiger partial charge >= 0.3 is 0 Å². The highest BCUT2D eigenvalue weighted by molar-refractivity contribution is 6.46. The lowest BCUT2D eigenvalue weighted by molar-refractivity contribution is -0.140. The Morgan fingerprint density at radius 2 is 1.81 bits per heavy atom. The Morgan fingerprint density at radius 3 is 2.50 bits per heavy atom. The summed E-state index contributed by atoms with van der Waals surface area (Å²) in [6.45, 7) is 7.89. The van der Waals surface area contributed by atoms with E-state index in [9.17, 15) is 14.7 Å². The van der Waals surface area contributed by atoms with Crippen molar-refractivity contribution in [3.63, 3.8) is 0 Å². The van der Waals surface area contributed by atoms with Crippen molar-refractivity contribution >= 4 is 17.4 Å². The number of carbonyl (C=O) groups is 2. The van der Waals surface area contributed by atoms with E-state index in [1.165, 1.54) is 11.1 Å². The fraction of sp³-hybridized carbons (Fsp3) is 0.370. The van der Waals surface area contributed by atoms with Crippen LogP contribution in [0.25, 0.3) is 11.4 Å². The lowest BCUT2D eigenvalue weighted by Crippen LogP contribution is -2.38. The number of morpholine rings is 1. The molecular formula is C27H30N4O5. The lowest BCUT2D eigenvalue weighted by Gasteiger charge is -2.28. The average molecular weight is 491 g/mol. The van der Waals surface area contributed by atoms with E-state index in [0.29, 0.717) is 49.0 Å². The fourth-order valence-electron chi connectivity index (χ4n) is 4.91. The van der Waals surface area contributed by atoms with Gasteiger partial charge in [-0.15, -0.1) is 0 Å². The Labute approximate surface area is 209 Å². The quantitative estimate of drug-likeness (QED) is 0.308. The number of aryl methyl sites for hydroxylation is 1. The number of nitrogens with zero attached hydrogens (tertiary/aromatic N) is 4. The van der Waals surface area contributed by atoms with Crippen LogP contribution in [0.3, 0.4) is 0 Å². The molecule has 1 aromatic carbocycles. The van der Waals surface area contributed by atoms with Crippen molar-refractivity contribution in [2.45, 2.75) is 26.3 Å². The van der Waals surface area contributed by atoms with Crippen LogP contribution in [0.5, 0.6) is 0 Å². The number of ketones is 1. The van der Waals surface area contributed by atoms with E-state index < -0.39 is 17.7 Å². The van der Waals surface area contributed by atoms with Crippen LogP contribution >= 0.6 is 0 Å². The van der Waals surface area contributed by atoms with Gasteiger partial charge in [-0.3, -0.25) is 14.5 Å². The fourth-order valence-corrected chi connectivity index (χ4v) is 4.91. The van der Waals surface area contributed by atoms with Crippen LogP contribution in [0.1, 0.15) is 35.2 Å². The Morgan fingerprint density at radius 1 is 1.06 bits per heavy atom. The van der Waals surface area contributed by atoms with Crippen molar-refractivity contribution < 1.29 is 23.8 Å². The molecule has 2 aromatic heterocycles. The van der Waals surface area contributed by atoms with E-state index in [1.807, 2.05) is 44.2 Å². The van der Waals surface area contributed by atoms with E-state index in [4.69, 9.17) is 9.15 Å². The zero-order chi connectivity index (χ0) is 25.2. The van der Waals surface area contributed by atoms with Crippen LogP contribution in [0, 0.1) is 13.8 Å². The molecule has 9 nitrogen and oxygen atoms in total. The number of hydrogen-bond donors (Lipinski definition) is 1. The predicted octanol–water partition coefficient (Wildman–Crippen LogP) is 3.23. The number of aliphatic hydroxyl groups is 1. The number of likely N-dealkylation sites (tertiary alicyclic amines) is 1. The van der Waals surface area contributed by atoms with E-state index in [2.05, 4.69) is 10.00 Å². The molecule has 4 heterocycles. The number of amides is 1. The molecule has 2 aliphatic rings. The number of benzene rings is 1. The number of hydrogen-bond acceptors (Lipinski definition) is 7. The molecule has 0 radical (unpaired) electrons. The number of aliphatic hydroxyl groups excluding tert-OH is 1. The van der Waals surface area contributed by atoms with Crippen molar-refractivity contribution in [2.75, 3.05) is 39.4 Å². The molecular weight excluding hydrogens is 460 g/mol. The predicted molar refractivity (Wildman–Crippen MR) is 133 cm³/mol. The zero-order valence-corrected chi connectivity index (χ0v) is 20.5. The number of furan rings is 1. The van der Waals surface area contributed by atoms with Gasteiger partial charge in [-0.1, -0.05) is 18.2 Å². The van der Waals surface area contributed by atoms with Gasteiger partial charge < -0.3 is 19.2 Å². The molecule has 188 valence electrons. The van der Waals surface area contributed by atoms with Crippen LogP contribution in [-0.2, 0) is 14.3 Å². The third-order valence-electron chi connectivity index (χ3n) is 6.81. The normalized spacial score (nSPS) is 20.4. The molecule has 0 spiro atoms. The van der Waals surface area contributed by atoms with Gasteiger partial charge in [0.2, 0.25) is 0 Å². The molecule has 1 N–H and O–H groups in total. The van der Waals surface area contributed by atoms with Crippen LogP contribution in [-0.4, -0.2) is 75.8 Å². The summed E-state index contributed by atoms with van der Waals surface area (Å²) in [4.78, 5) is 30.2. The number of aromatic nitrogens is 2. The monoisotopic (exact) mass is 490 g/mol. The van der Waals surface area contributed by atoms with Gasteiger partial charge in [0.1, 0.15) is 23.3 Å². The summed E-state index contributed by atoms with van der Waals surface area (Å²) in [7, 11) is 0. The van der Waals surface area contributed by atoms with Crippen molar-refractivity contribution in [3.8, 4) is 5.69 Å². The SMILES string of the molecule is Cc1ccc([C@H]2C(=C(O)c3cnn(-c4ccccc4)c3C)C(=O)C(=O)N2CCCN2CCOCC2)o1. The van der Waals surface area contributed by atoms with Gasteiger partial charge in [0.25, 0.3) is 11.7 Å². The largest absolute Gasteiger partial charge is 0.507 e. The molecule has 9 heteroatoms. The summed E-state index contributed by atoms with van der Waals surface area (Å²) < 4.78 is 13.0. The highest BCUT2D eigenvalue weighted by Gasteiger charge is 2.47. The summed E-state index contributed by atoms with van der Waals surface area (Å²) in [6.07, 6.45) is 2.21. The molecule has 2 fully saturated rings. The Balaban J connectivity index is 1.49. The zero-order valence-electron chi connectivity index (χ0n) is 20.5. The molecule has 5 rings (SSSR count). The molecule has 1 amide bonds. The number of Topliss-reactive ketones (excluding diaryl/α,β-unsaturated/α-hetero) is 1. The molecule has 0 bridgehead atoms. The molecule has 0 saturated carbocycles. The summed E-state index contributed by atoms with van der Waals surface area (Å²) in [5.41, 5.74) is 1.91. The second kappa shape index (κ2) is 10.1. The molecule has 0 unspecified atom stereocenters. The number of rotatable bonds is 7. The summed E-state index contributed by atoms with van der Waals surface area (Å²) in [6, 6.07) is 12.3. The minimum atomic E-state index is -0.803. The second-order valence-corrected chi connectivity index (χ2v) is 9.14. The van der Waals surface area contributed by atoms with E-state index >= 15 is 0 Å². The minimum Gasteiger partial charge on any atom is -0.507 e. The topological polar surface area (TPSA) is 101 Å². The van der Waals surface area contributed by atoms with Gasteiger partial charge in [-0.05, 0) is 44.5 Å². The Hall–Kier alpha value is -3.69. The maximum absolute atomic E-state index is 13.3. The molecule has 3 aromatic rings. The third kappa shape index (κ3) is 4.47. The van der Waals surface area contributed by atoms with Crippen LogP contribution in [0.4, 0.5) is 0 Å². The first kappa shape index (κ1) is 24.0. The smallest absolute Gasteiger partial charge is 0.295 e. The van der Waals surface area contributed by atoms with Gasteiger partial charge in [0, 0.05) is 26.2 Å². The molecule has 2 saturated heterocycles. The van der Waals surface area contributed by atoms with Crippen LogP contribution in [0.2, 0.25) is 0 Å². The molecule has 1 atom stereocenters. The average Bonchev–Trinajstić information content (AvgIpc) is 3.57. The lowest BCUT2D eigenvalue weighted by atomic mass is 9.99. The standard InChI is InChI=1S/C27H30N4O5/c1-18-9-10-22(36-18)24-23(25(32)21-17-28-31(19(21)2)20-7-4-3-5-8-20)26(33)27(34)30(24)12-6-11-29-13-15-35-16-14-29/h3-5,7-10,17,24,32H,6,11-16H2,1-2H3/t24-/m0/s1. The van der Waals surface area contributed by atoms with E-state index in [-0.39, 0.29) is 11.3 Å². The van der Waals surface area contributed by atoms with E-state index in [1.54, 1.807) is 16.8 Å². The van der Waals surface area contributed by atoms with Crippen molar-refractivity contribution in [3.05, 3.63) is 77.0 Å². The summed E-state index contributed by atoms with van der Waals surface area (Å²) in [5, 5.41) is 15.8. The maximum atomic E-state index is 13.3. The first-order valence-corrected chi connectivity index (χ1v) is 12.2. The number of carbonyl (C=O) groups excluding carboxylic acids is 2. The minimum absolute atomic E-state index is 0.0245. The van der Waals surface area contributed by atoms with Crippen molar-refractivity contribution in [1.82, 2.24) is 19.6 Å². The van der Waals surface area contributed by atoms with Crippen LogP contribution in [0.15, 0.2) is 58.7 Å². The Bertz CT molecular complexity index is 1290. The van der Waals surface area contributed by atoms with Crippen molar-refractivity contribution in [1.29, 1.82) is 0 Å². The molecule has 36 heavy (non-hydrogen) atoms. The summed E-state index contributed by atoms with van der Waals surface area (Å²) in [5.74, 6) is -0.483. The van der Waals surface area contributed by atoms with Crippen molar-refractivity contribution in [2.24, 2.45) is 0 Å².